The van der Waals surface area contributed by atoms with Crippen LogP contribution in [0, 0.1) is 22.7 Å². The van der Waals surface area contributed by atoms with Gasteiger partial charge >= 0.3 is 5.97 Å². The Bertz CT molecular complexity index is 1020. The smallest absolute Gasteiger partial charge is 0.339 e. The Kier molecular flexibility index (Phi) is 5.35. The molecule has 0 atom stereocenters. The van der Waals surface area contributed by atoms with E-state index in [1.165, 1.54) is 17.6 Å². The summed E-state index contributed by atoms with van der Waals surface area (Å²) in [6.45, 7) is 13.5. The van der Waals surface area contributed by atoms with E-state index in [0.717, 1.165) is 22.9 Å². The molecular weight excluding hydrogens is 346 g/mol. The average molecular weight is 376 g/mol. The molecule has 1 aliphatic carbocycles. The number of rotatable bonds is 2. The largest absolute Gasteiger partial charge is 0.462 e. The average Bonchev–Trinajstić information content (AvgIpc) is 2.65. The van der Waals surface area contributed by atoms with Gasteiger partial charge in [0.15, 0.2) is 0 Å². The van der Waals surface area contributed by atoms with E-state index in [1.54, 1.807) is 13.1 Å². The molecule has 0 N–H and O–H groups in total. The first-order chi connectivity index (χ1) is 13.1. The van der Waals surface area contributed by atoms with E-state index in [4.69, 9.17) is 4.74 Å². The van der Waals surface area contributed by atoms with Crippen LogP contribution in [0.5, 0.6) is 0 Å². The van der Waals surface area contributed by atoms with Crippen molar-refractivity contribution < 1.29 is 9.53 Å². The second-order valence-electron chi connectivity index (χ2n) is 8.87. The molecule has 3 heteroatoms. The van der Waals surface area contributed by atoms with Crippen LogP contribution in [-0.4, -0.2) is 17.6 Å². The SMILES string of the molecule is CCOC(=O)c1cnc2ccc(C#CC3=C(C)C(C)(C)CCC3(C)C)cc2c1. The molecule has 0 saturated carbocycles. The van der Waals surface area contributed by atoms with Crippen LogP contribution < -0.4 is 0 Å². The van der Waals surface area contributed by atoms with Gasteiger partial charge in [0, 0.05) is 22.7 Å². The fourth-order valence-electron chi connectivity index (χ4n) is 3.72. The van der Waals surface area contributed by atoms with Gasteiger partial charge in [-0.1, -0.05) is 45.1 Å². The predicted molar refractivity (Wildman–Crippen MR) is 114 cm³/mol. The van der Waals surface area contributed by atoms with E-state index in [1.807, 2.05) is 24.3 Å². The first kappa shape index (κ1) is 20.1. The van der Waals surface area contributed by atoms with Crippen molar-refractivity contribution in [1.29, 1.82) is 0 Å². The molecule has 3 nitrogen and oxygen atoms in total. The molecule has 0 unspecified atom stereocenters. The van der Waals surface area contributed by atoms with Crippen molar-refractivity contribution in [3.63, 3.8) is 0 Å². The molecule has 0 amide bonds. The van der Waals surface area contributed by atoms with Gasteiger partial charge in [-0.2, -0.15) is 0 Å². The summed E-state index contributed by atoms with van der Waals surface area (Å²) in [5.74, 6) is 6.48. The third-order valence-electron chi connectivity index (χ3n) is 5.97. The maximum absolute atomic E-state index is 12.0. The minimum absolute atomic E-state index is 0.0993. The van der Waals surface area contributed by atoms with Crippen molar-refractivity contribution in [2.24, 2.45) is 10.8 Å². The number of fused-ring (bicyclic) bond motifs is 1. The maximum Gasteiger partial charge on any atom is 0.339 e. The minimum atomic E-state index is -0.347. The highest BCUT2D eigenvalue weighted by molar-refractivity contribution is 5.93. The fraction of sp³-hybridized carbons (Fsp3) is 0.440. The van der Waals surface area contributed by atoms with Crippen LogP contribution >= 0.6 is 0 Å². The summed E-state index contributed by atoms with van der Waals surface area (Å²) in [6.07, 6.45) is 3.90. The van der Waals surface area contributed by atoms with E-state index in [2.05, 4.69) is 51.4 Å². The van der Waals surface area contributed by atoms with Crippen LogP contribution in [0.4, 0.5) is 0 Å². The summed E-state index contributed by atoms with van der Waals surface area (Å²) in [7, 11) is 0. The Hall–Kier alpha value is -2.60. The Morgan fingerprint density at radius 1 is 1.11 bits per heavy atom. The van der Waals surface area contributed by atoms with Crippen molar-refractivity contribution in [1.82, 2.24) is 4.98 Å². The normalized spacial score (nSPS) is 17.8. The van der Waals surface area contributed by atoms with Gasteiger partial charge in [-0.05, 0) is 61.8 Å². The molecule has 2 aromatic rings. The van der Waals surface area contributed by atoms with Gasteiger partial charge in [-0.3, -0.25) is 4.98 Å². The molecule has 1 aromatic carbocycles. The molecule has 1 aromatic heterocycles. The lowest BCUT2D eigenvalue weighted by atomic mass is 9.63. The maximum atomic E-state index is 12.0. The second kappa shape index (κ2) is 7.43. The molecule has 0 saturated heterocycles. The van der Waals surface area contributed by atoms with Crippen molar-refractivity contribution in [3.8, 4) is 11.8 Å². The third-order valence-corrected chi connectivity index (χ3v) is 5.97. The van der Waals surface area contributed by atoms with Gasteiger partial charge in [0.1, 0.15) is 0 Å². The second-order valence-corrected chi connectivity index (χ2v) is 8.87. The summed E-state index contributed by atoms with van der Waals surface area (Å²) in [5, 5.41) is 0.895. The van der Waals surface area contributed by atoms with Crippen molar-refractivity contribution in [2.75, 3.05) is 6.61 Å². The molecule has 0 radical (unpaired) electrons. The molecule has 146 valence electrons. The quantitative estimate of drug-likeness (QED) is 0.483. The molecule has 1 heterocycles. The molecule has 0 bridgehead atoms. The summed E-state index contributed by atoms with van der Waals surface area (Å²) >= 11 is 0. The third kappa shape index (κ3) is 3.97. The van der Waals surface area contributed by atoms with Crippen LogP contribution in [0.2, 0.25) is 0 Å². The Morgan fingerprint density at radius 3 is 2.54 bits per heavy atom. The number of hydrogen-bond donors (Lipinski definition) is 0. The lowest BCUT2D eigenvalue weighted by Crippen LogP contribution is -2.29. The molecular formula is C25H29NO2. The standard InChI is InChI=1S/C25H29NO2/c1-7-28-23(27)20-15-19-14-18(9-11-22(19)26-16-20)8-10-21-17(2)24(3,4)12-13-25(21,5)6/h9,11,14-16H,7,12-13H2,1-6H3. The predicted octanol–water partition coefficient (Wildman–Crippen LogP) is 5.93. The number of aromatic nitrogens is 1. The van der Waals surface area contributed by atoms with Crippen molar-refractivity contribution >= 4 is 16.9 Å². The lowest BCUT2D eigenvalue weighted by Gasteiger charge is -2.40. The number of allylic oxidation sites excluding steroid dienone is 2. The van der Waals surface area contributed by atoms with Crippen molar-refractivity contribution in [2.45, 2.75) is 54.4 Å². The summed E-state index contributed by atoms with van der Waals surface area (Å²) in [6, 6.07) is 7.76. The van der Waals surface area contributed by atoms with Gasteiger partial charge in [0.05, 0.1) is 17.7 Å². The number of carbonyl (C=O) groups excluding carboxylic acids is 1. The number of benzene rings is 1. The number of ether oxygens (including phenoxy) is 1. The zero-order chi connectivity index (χ0) is 20.5. The van der Waals surface area contributed by atoms with Gasteiger partial charge in [-0.25, -0.2) is 4.79 Å². The van der Waals surface area contributed by atoms with Gasteiger partial charge in [0.2, 0.25) is 0 Å². The highest BCUT2D eigenvalue weighted by atomic mass is 16.5. The van der Waals surface area contributed by atoms with Crippen LogP contribution in [0.25, 0.3) is 10.9 Å². The number of pyridine rings is 1. The molecule has 0 spiro atoms. The van der Waals surface area contributed by atoms with Gasteiger partial charge in [-0.15, -0.1) is 0 Å². The lowest BCUT2D eigenvalue weighted by molar-refractivity contribution is 0.0526. The first-order valence-corrected chi connectivity index (χ1v) is 9.95. The monoisotopic (exact) mass is 375 g/mol. The first-order valence-electron chi connectivity index (χ1n) is 9.95. The van der Waals surface area contributed by atoms with E-state index in [9.17, 15) is 4.79 Å². The molecule has 3 rings (SSSR count). The van der Waals surface area contributed by atoms with E-state index < -0.39 is 0 Å². The Labute approximate surface area is 168 Å². The minimum Gasteiger partial charge on any atom is -0.462 e. The molecule has 0 aliphatic heterocycles. The number of nitrogens with zero attached hydrogens (tertiary/aromatic N) is 1. The topological polar surface area (TPSA) is 39.2 Å². The van der Waals surface area contributed by atoms with Crippen molar-refractivity contribution in [3.05, 3.63) is 52.7 Å². The Balaban J connectivity index is 2.00. The van der Waals surface area contributed by atoms with Crippen LogP contribution in [0.1, 0.15) is 70.3 Å². The van der Waals surface area contributed by atoms with E-state index >= 15 is 0 Å². The molecule has 28 heavy (non-hydrogen) atoms. The Morgan fingerprint density at radius 2 is 1.82 bits per heavy atom. The fourth-order valence-corrected chi connectivity index (χ4v) is 3.72. The van der Waals surface area contributed by atoms with Gasteiger partial charge in [0.25, 0.3) is 0 Å². The zero-order valence-electron chi connectivity index (χ0n) is 17.8. The van der Waals surface area contributed by atoms with Crippen LogP contribution in [0.15, 0.2) is 41.6 Å². The zero-order valence-corrected chi connectivity index (χ0v) is 17.8. The van der Waals surface area contributed by atoms with Crippen LogP contribution in [-0.2, 0) is 4.74 Å². The van der Waals surface area contributed by atoms with E-state index in [0.29, 0.717) is 12.2 Å². The van der Waals surface area contributed by atoms with Crippen LogP contribution in [0.3, 0.4) is 0 Å². The number of hydrogen-bond acceptors (Lipinski definition) is 3. The molecule has 0 fully saturated rings. The summed E-state index contributed by atoms with van der Waals surface area (Å²) < 4.78 is 5.08. The number of esters is 1. The molecule has 1 aliphatic rings. The highest BCUT2D eigenvalue weighted by Crippen LogP contribution is 2.48. The number of carbonyl (C=O) groups is 1. The highest BCUT2D eigenvalue weighted by Gasteiger charge is 2.36. The van der Waals surface area contributed by atoms with Gasteiger partial charge < -0.3 is 4.74 Å². The van der Waals surface area contributed by atoms with E-state index in [-0.39, 0.29) is 16.8 Å². The summed E-state index contributed by atoms with van der Waals surface area (Å²) in [4.78, 5) is 16.3. The summed E-state index contributed by atoms with van der Waals surface area (Å²) in [5.41, 5.74) is 5.17.